The summed E-state index contributed by atoms with van der Waals surface area (Å²) in [6.07, 6.45) is 0. The second kappa shape index (κ2) is 4.73. The van der Waals surface area contributed by atoms with Gasteiger partial charge < -0.3 is 11.5 Å². The average molecular weight is 307 g/mol. The highest BCUT2D eigenvalue weighted by molar-refractivity contribution is 9.10. The zero-order chi connectivity index (χ0) is 13.3. The molecule has 1 aromatic heterocycles. The number of anilines is 1. The smallest absolute Gasteiger partial charge is 0.252 e. The Kier molecular flexibility index (Phi) is 3.29. The lowest BCUT2D eigenvalue weighted by Gasteiger charge is -2.10. The van der Waals surface area contributed by atoms with Crippen molar-refractivity contribution in [1.29, 1.82) is 0 Å². The largest absolute Gasteiger partial charge is 0.368 e. The highest BCUT2D eigenvalue weighted by atomic mass is 79.9. The van der Waals surface area contributed by atoms with Crippen LogP contribution in [-0.4, -0.2) is 15.9 Å². The lowest BCUT2D eigenvalue weighted by molar-refractivity contribution is 0.0999. The fourth-order valence-corrected chi connectivity index (χ4v) is 2.21. The van der Waals surface area contributed by atoms with Crippen LogP contribution in [0.15, 0.2) is 28.7 Å². The van der Waals surface area contributed by atoms with Crippen LogP contribution < -0.4 is 11.5 Å². The Labute approximate surface area is 112 Å². The minimum Gasteiger partial charge on any atom is -0.368 e. The van der Waals surface area contributed by atoms with Crippen LogP contribution in [0.25, 0.3) is 11.3 Å². The quantitative estimate of drug-likeness (QED) is 0.885. The number of hydrogen-bond acceptors (Lipinski definition) is 4. The number of halogens is 1. The van der Waals surface area contributed by atoms with E-state index < -0.39 is 5.91 Å². The molecule has 0 saturated heterocycles. The lowest BCUT2D eigenvalue weighted by atomic mass is 10.0. The van der Waals surface area contributed by atoms with E-state index in [-0.39, 0.29) is 11.5 Å². The summed E-state index contributed by atoms with van der Waals surface area (Å²) in [5, 5.41) is 0. The standard InChI is InChI=1S/C12H11BrN4O/c1-6-9(11(14)18)10(17-12(15)16-6)7-4-2-3-5-8(7)13/h2-5H,1H3,(H2,14,18)(H2,15,16,17). The van der Waals surface area contributed by atoms with E-state index in [0.29, 0.717) is 11.4 Å². The van der Waals surface area contributed by atoms with Crippen molar-refractivity contribution in [2.24, 2.45) is 5.73 Å². The van der Waals surface area contributed by atoms with Gasteiger partial charge in [-0.15, -0.1) is 0 Å². The summed E-state index contributed by atoms with van der Waals surface area (Å²) in [5.41, 5.74) is 13.0. The van der Waals surface area contributed by atoms with E-state index in [0.717, 1.165) is 10.0 Å². The van der Waals surface area contributed by atoms with Crippen LogP contribution in [-0.2, 0) is 0 Å². The third-order valence-electron chi connectivity index (χ3n) is 2.48. The van der Waals surface area contributed by atoms with Crippen LogP contribution in [0.3, 0.4) is 0 Å². The Morgan fingerprint density at radius 1 is 1.28 bits per heavy atom. The van der Waals surface area contributed by atoms with Crippen molar-refractivity contribution in [3.63, 3.8) is 0 Å². The second-order valence-electron chi connectivity index (χ2n) is 3.73. The second-order valence-corrected chi connectivity index (χ2v) is 4.59. The first-order chi connectivity index (χ1) is 8.50. The molecule has 92 valence electrons. The molecule has 6 heteroatoms. The third-order valence-corrected chi connectivity index (χ3v) is 3.17. The molecule has 0 saturated carbocycles. The Hall–Kier alpha value is -1.95. The van der Waals surface area contributed by atoms with E-state index >= 15 is 0 Å². The van der Waals surface area contributed by atoms with Gasteiger partial charge in [-0.25, -0.2) is 9.97 Å². The molecule has 0 unspecified atom stereocenters. The molecule has 5 nitrogen and oxygen atoms in total. The zero-order valence-electron chi connectivity index (χ0n) is 9.64. The number of hydrogen-bond donors (Lipinski definition) is 2. The summed E-state index contributed by atoms with van der Waals surface area (Å²) in [5.74, 6) is -0.457. The number of benzene rings is 1. The Morgan fingerprint density at radius 2 is 1.94 bits per heavy atom. The molecule has 1 heterocycles. The van der Waals surface area contributed by atoms with Crippen molar-refractivity contribution < 1.29 is 4.79 Å². The lowest BCUT2D eigenvalue weighted by Crippen LogP contribution is -2.17. The molecule has 0 radical (unpaired) electrons. The molecule has 18 heavy (non-hydrogen) atoms. The van der Waals surface area contributed by atoms with Crippen molar-refractivity contribution in [2.45, 2.75) is 6.92 Å². The minimum atomic E-state index is -0.571. The predicted molar refractivity (Wildman–Crippen MR) is 72.8 cm³/mol. The number of nitrogen functional groups attached to an aromatic ring is 1. The molecule has 0 fully saturated rings. The van der Waals surface area contributed by atoms with Crippen LogP contribution in [0.5, 0.6) is 0 Å². The fourth-order valence-electron chi connectivity index (χ4n) is 1.74. The average Bonchev–Trinajstić information content (AvgIpc) is 2.27. The fraction of sp³-hybridized carbons (Fsp3) is 0.0833. The van der Waals surface area contributed by atoms with Gasteiger partial charge in [0.25, 0.3) is 5.91 Å². The molecule has 2 rings (SSSR count). The number of nitrogens with two attached hydrogens (primary N) is 2. The maximum absolute atomic E-state index is 11.5. The molecule has 1 aromatic carbocycles. The Balaban J connectivity index is 2.78. The SMILES string of the molecule is Cc1nc(N)nc(-c2ccccc2Br)c1C(N)=O. The number of primary amides is 1. The summed E-state index contributed by atoms with van der Waals surface area (Å²) in [7, 11) is 0. The molecular weight excluding hydrogens is 296 g/mol. The van der Waals surface area contributed by atoms with Gasteiger partial charge in [0.1, 0.15) is 0 Å². The summed E-state index contributed by atoms with van der Waals surface area (Å²) in [4.78, 5) is 19.6. The number of amides is 1. The van der Waals surface area contributed by atoms with E-state index in [1.54, 1.807) is 6.92 Å². The maximum atomic E-state index is 11.5. The first kappa shape index (κ1) is 12.5. The Morgan fingerprint density at radius 3 is 2.56 bits per heavy atom. The number of carbonyl (C=O) groups is 1. The molecule has 0 aliphatic heterocycles. The van der Waals surface area contributed by atoms with Crippen molar-refractivity contribution in [3.05, 3.63) is 40.0 Å². The van der Waals surface area contributed by atoms with E-state index in [1.807, 2.05) is 24.3 Å². The summed E-state index contributed by atoms with van der Waals surface area (Å²) < 4.78 is 0.810. The molecule has 4 N–H and O–H groups in total. The highest BCUT2D eigenvalue weighted by Gasteiger charge is 2.18. The molecule has 2 aromatic rings. The van der Waals surface area contributed by atoms with Crippen LogP contribution in [0.4, 0.5) is 5.95 Å². The molecule has 1 amide bonds. The Bertz CT molecular complexity index is 627. The van der Waals surface area contributed by atoms with E-state index in [2.05, 4.69) is 25.9 Å². The van der Waals surface area contributed by atoms with Gasteiger partial charge in [-0.05, 0) is 13.0 Å². The van der Waals surface area contributed by atoms with Crippen molar-refractivity contribution in [2.75, 3.05) is 5.73 Å². The molecule has 0 atom stereocenters. The first-order valence-electron chi connectivity index (χ1n) is 5.19. The minimum absolute atomic E-state index is 0.114. The van der Waals surface area contributed by atoms with Crippen LogP contribution >= 0.6 is 15.9 Å². The van der Waals surface area contributed by atoms with Crippen molar-refractivity contribution in [1.82, 2.24) is 9.97 Å². The van der Waals surface area contributed by atoms with Crippen molar-refractivity contribution in [3.8, 4) is 11.3 Å². The van der Waals surface area contributed by atoms with Gasteiger partial charge in [0, 0.05) is 10.0 Å². The van der Waals surface area contributed by atoms with Crippen LogP contribution in [0.2, 0.25) is 0 Å². The van der Waals surface area contributed by atoms with Gasteiger partial charge in [-0.2, -0.15) is 0 Å². The van der Waals surface area contributed by atoms with E-state index in [1.165, 1.54) is 0 Å². The van der Waals surface area contributed by atoms with E-state index in [4.69, 9.17) is 11.5 Å². The molecule has 0 bridgehead atoms. The normalized spacial score (nSPS) is 10.3. The van der Waals surface area contributed by atoms with Gasteiger partial charge in [0.2, 0.25) is 5.95 Å². The maximum Gasteiger partial charge on any atom is 0.252 e. The first-order valence-corrected chi connectivity index (χ1v) is 5.99. The number of aryl methyl sites for hydroxylation is 1. The zero-order valence-corrected chi connectivity index (χ0v) is 11.2. The van der Waals surface area contributed by atoms with E-state index in [9.17, 15) is 4.79 Å². The summed E-state index contributed by atoms with van der Waals surface area (Å²) in [6, 6.07) is 7.40. The monoisotopic (exact) mass is 306 g/mol. The summed E-state index contributed by atoms with van der Waals surface area (Å²) >= 11 is 3.41. The summed E-state index contributed by atoms with van der Waals surface area (Å²) in [6.45, 7) is 1.68. The molecule has 0 aliphatic rings. The molecular formula is C12H11BrN4O. The van der Waals surface area contributed by atoms with Gasteiger partial charge in [0.15, 0.2) is 0 Å². The topological polar surface area (TPSA) is 94.9 Å². The van der Waals surface area contributed by atoms with Gasteiger partial charge in [-0.1, -0.05) is 34.1 Å². The number of carbonyl (C=O) groups excluding carboxylic acids is 1. The number of aromatic nitrogens is 2. The third kappa shape index (κ3) is 2.19. The predicted octanol–water partition coefficient (Wildman–Crippen LogP) is 1.90. The van der Waals surface area contributed by atoms with Crippen molar-refractivity contribution >= 4 is 27.8 Å². The highest BCUT2D eigenvalue weighted by Crippen LogP contribution is 2.30. The van der Waals surface area contributed by atoms with Gasteiger partial charge in [-0.3, -0.25) is 4.79 Å². The number of nitrogens with zero attached hydrogens (tertiary/aromatic N) is 2. The molecule has 0 aliphatic carbocycles. The van der Waals surface area contributed by atoms with Gasteiger partial charge in [0.05, 0.1) is 17.0 Å². The number of rotatable bonds is 2. The van der Waals surface area contributed by atoms with Gasteiger partial charge >= 0.3 is 0 Å². The molecule has 0 spiro atoms. The van der Waals surface area contributed by atoms with Crippen LogP contribution in [0, 0.1) is 6.92 Å². The van der Waals surface area contributed by atoms with Crippen LogP contribution in [0.1, 0.15) is 16.1 Å².